The third-order valence-corrected chi connectivity index (χ3v) is 1.89. The highest BCUT2D eigenvalue weighted by Crippen LogP contribution is 2.32. The minimum Gasteiger partial charge on any atom is -0.211 e. The highest BCUT2D eigenvalue weighted by atomic mass is 16.1. The van der Waals surface area contributed by atoms with Gasteiger partial charge in [-0.15, -0.1) is 0 Å². The van der Waals surface area contributed by atoms with Crippen LogP contribution >= 0.6 is 0 Å². The van der Waals surface area contributed by atoms with E-state index in [9.17, 15) is 4.79 Å². The van der Waals surface area contributed by atoms with Crippen molar-refractivity contribution in [3.63, 3.8) is 0 Å². The maximum Gasteiger partial charge on any atom is 0.234 e. The van der Waals surface area contributed by atoms with Gasteiger partial charge in [0.2, 0.25) is 6.08 Å². The van der Waals surface area contributed by atoms with E-state index in [2.05, 4.69) is 11.9 Å². The van der Waals surface area contributed by atoms with E-state index in [4.69, 9.17) is 0 Å². The van der Waals surface area contributed by atoms with Gasteiger partial charge in [-0.05, 0) is 24.7 Å². The molecule has 1 saturated carbocycles. The van der Waals surface area contributed by atoms with Crippen LogP contribution in [0.3, 0.4) is 0 Å². The molecule has 1 fully saturated rings. The predicted molar refractivity (Wildman–Crippen MR) is 34.9 cm³/mol. The Morgan fingerprint density at radius 3 is 2.78 bits per heavy atom. The summed E-state index contributed by atoms with van der Waals surface area (Å²) in [5.41, 5.74) is 0. The van der Waals surface area contributed by atoms with Crippen molar-refractivity contribution in [3.05, 3.63) is 0 Å². The molecule has 1 rings (SSSR count). The van der Waals surface area contributed by atoms with Gasteiger partial charge in [0.25, 0.3) is 0 Å². The quantitative estimate of drug-likeness (QED) is 0.405. The lowest BCUT2D eigenvalue weighted by Gasteiger charge is -2.30. The van der Waals surface area contributed by atoms with Crippen LogP contribution in [-0.4, -0.2) is 12.6 Å². The average molecular weight is 125 g/mol. The molecule has 0 unspecified atom stereocenters. The van der Waals surface area contributed by atoms with Gasteiger partial charge in [-0.3, -0.25) is 0 Å². The summed E-state index contributed by atoms with van der Waals surface area (Å²) in [5.74, 6) is 1.54. The molecule has 0 aromatic carbocycles. The smallest absolute Gasteiger partial charge is 0.211 e. The maximum atomic E-state index is 9.64. The predicted octanol–water partition coefficient (Wildman–Crippen LogP) is 1.37. The molecule has 50 valence electrons. The largest absolute Gasteiger partial charge is 0.234 e. The molecule has 2 nitrogen and oxygen atoms in total. The topological polar surface area (TPSA) is 29.4 Å². The number of isocyanates is 1. The molecule has 0 radical (unpaired) electrons. The number of hydrogen-bond acceptors (Lipinski definition) is 2. The van der Waals surface area contributed by atoms with E-state index in [1.165, 1.54) is 12.8 Å². The molecule has 0 spiro atoms. The molecule has 0 aromatic heterocycles. The first-order chi connectivity index (χ1) is 4.33. The zero-order valence-electron chi connectivity index (χ0n) is 5.63. The molecular formula is C7H11NO. The van der Waals surface area contributed by atoms with E-state index in [0.29, 0.717) is 12.5 Å². The molecular weight excluding hydrogens is 114 g/mol. The number of aliphatic imine (C=N–C) groups is 1. The van der Waals surface area contributed by atoms with Crippen molar-refractivity contribution in [3.8, 4) is 0 Å². The fourth-order valence-electron chi connectivity index (χ4n) is 1.38. The second kappa shape index (κ2) is 2.79. The molecule has 0 atom stereocenters. The Labute approximate surface area is 55.0 Å². The van der Waals surface area contributed by atoms with Crippen LogP contribution in [0, 0.1) is 11.8 Å². The second-order valence-electron chi connectivity index (χ2n) is 2.87. The minimum atomic E-state index is 0.682. The third kappa shape index (κ3) is 1.65. The maximum absolute atomic E-state index is 9.64. The van der Waals surface area contributed by atoms with Gasteiger partial charge in [0.15, 0.2) is 0 Å². The summed E-state index contributed by atoms with van der Waals surface area (Å²) in [4.78, 5) is 13.2. The number of nitrogens with zero attached hydrogens (tertiary/aromatic N) is 1. The van der Waals surface area contributed by atoms with E-state index in [1.807, 2.05) is 0 Å². The third-order valence-electron chi connectivity index (χ3n) is 1.89. The number of rotatable bonds is 2. The van der Waals surface area contributed by atoms with E-state index in [-0.39, 0.29) is 0 Å². The van der Waals surface area contributed by atoms with Crippen LogP contribution in [0.2, 0.25) is 0 Å². The molecule has 1 aliphatic carbocycles. The Morgan fingerprint density at radius 2 is 2.33 bits per heavy atom. The summed E-state index contributed by atoms with van der Waals surface area (Å²) in [6.07, 6.45) is 4.04. The Morgan fingerprint density at radius 1 is 1.67 bits per heavy atom. The van der Waals surface area contributed by atoms with Crippen LogP contribution < -0.4 is 0 Å². The van der Waals surface area contributed by atoms with E-state index < -0.39 is 0 Å². The fourth-order valence-corrected chi connectivity index (χ4v) is 1.38. The molecule has 1 aliphatic rings. The van der Waals surface area contributed by atoms with Crippen LogP contribution in [-0.2, 0) is 4.79 Å². The van der Waals surface area contributed by atoms with Crippen LogP contribution in [0.1, 0.15) is 19.8 Å². The van der Waals surface area contributed by atoms with Gasteiger partial charge in [0.1, 0.15) is 0 Å². The molecule has 9 heavy (non-hydrogen) atoms. The zero-order valence-corrected chi connectivity index (χ0v) is 5.63. The molecule has 0 amide bonds. The monoisotopic (exact) mass is 125 g/mol. The minimum absolute atomic E-state index is 0.682. The summed E-state index contributed by atoms with van der Waals surface area (Å²) in [5, 5.41) is 0. The van der Waals surface area contributed by atoms with Crippen molar-refractivity contribution in [2.75, 3.05) is 6.54 Å². The van der Waals surface area contributed by atoms with Gasteiger partial charge in [-0.2, -0.15) is 0 Å². The van der Waals surface area contributed by atoms with Gasteiger partial charge < -0.3 is 0 Å². The van der Waals surface area contributed by atoms with Crippen molar-refractivity contribution < 1.29 is 4.79 Å². The highest BCUT2D eigenvalue weighted by molar-refractivity contribution is 5.32. The lowest BCUT2D eigenvalue weighted by Crippen LogP contribution is -2.23. The number of carbonyl (C=O) groups excluding carboxylic acids is 1. The Balaban J connectivity index is 2.10. The van der Waals surface area contributed by atoms with Crippen molar-refractivity contribution in [1.29, 1.82) is 0 Å². The SMILES string of the molecule is CC1CC(CN=C=O)C1. The molecule has 0 heterocycles. The molecule has 0 aliphatic heterocycles. The second-order valence-corrected chi connectivity index (χ2v) is 2.87. The highest BCUT2D eigenvalue weighted by Gasteiger charge is 2.24. The summed E-state index contributed by atoms with van der Waals surface area (Å²) in [6.45, 7) is 2.93. The Bertz CT molecular complexity index is 132. The van der Waals surface area contributed by atoms with Crippen molar-refractivity contribution in [2.45, 2.75) is 19.8 Å². The van der Waals surface area contributed by atoms with Crippen LogP contribution in [0.5, 0.6) is 0 Å². The van der Waals surface area contributed by atoms with Gasteiger partial charge in [0.05, 0.1) is 6.54 Å². The summed E-state index contributed by atoms with van der Waals surface area (Å²) in [6, 6.07) is 0. The Hall–Kier alpha value is -0.620. The van der Waals surface area contributed by atoms with Crippen molar-refractivity contribution in [2.24, 2.45) is 16.8 Å². The van der Waals surface area contributed by atoms with Gasteiger partial charge in [-0.1, -0.05) is 6.92 Å². The standard InChI is InChI=1S/C7H11NO/c1-6-2-7(3-6)4-8-5-9/h6-7H,2-4H2,1H3. The number of hydrogen-bond donors (Lipinski definition) is 0. The fraction of sp³-hybridized carbons (Fsp3) is 0.857. The molecule has 2 heteroatoms. The molecule has 0 N–H and O–H groups in total. The molecule has 0 saturated heterocycles. The van der Waals surface area contributed by atoms with Crippen molar-refractivity contribution in [1.82, 2.24) is 0 Å². The first-order valence-corrected chi connectivity index (χ1v) is 3.36. The Kier molecular flexibility index (Phi) is 2.01. The van der Waals surface area contributed by atoms with Gasteiger partial charge in [-0.25, -0.2) is 9.79 Å². The molecule has 0 bridgehead atoms. The van der Waals surface area contributed by atoms with E-state index in [1.54, 1.807) is 6.08 Å². The van der Waals surface area contributed by atoms with E-state index in [0.717, 1.165) is 5.92 Å². The summed E-state index contributed by atoms with van der Waals surface area (Å²) < 4.78 is 0. The average Bonchev–Trinajstić information content (AvgIpc) is 1.78. The van der Waals surface area contributed by atoms with Crippen molar-refractivity contribution >= 4 is 6.08 Å². The van der Waals surface area contributed by atoms with Gasteiger partial charge >= 0.3 is 0 Å². The van der Waals surface area contributed by atoms with Crippen LogP contribution in [0.4, 0.5) is 0 Å². The first-order valence-electron chi connectivity index (χ1n) is 3.36. The van der Waals surface area contributed by atoms with Gasteiger partial charge in [0, 0.05) is 0 Å². The van der Waals surface area contributed by atoms with Crippen LogP contribution in [0.25, 0.3) is 0 Å². The molecule has 0 aromatic rings. The first kappa shape index (κ1) is 6.50. The lowest BCUT2D eigenvalue weighted by molar-refractivity contribution is 0.220. The van der Waals surface area contributed by atoms with Crippen LogP contribution in [0.15, 0.2) is 4.99 Å². The zero-order chi connectivity index (χ0) is 6.69. The summed E-state index contributed by atoms with van der Waals surface area (Å²) >= 11 is 0. The lowest BCUT2D eigenvalue weighted by atomic mass is 9.76. The normalized spacial score (nSPS) is 32.6. The summed E-state index contributed by atoms with van der Waals surface area (Å²) in [7, 11) is 0. The van der Waals surface area contributed by atoms with E-state index >= 15 is 0 Å².